The van der Waals surface area contributed by atoms with E-state index in [1.165, 1.54) is 0 Å². The number of carbonyl (C=O) groups excluding carboxylic acids is 1. The van der Waals surface area contributed by atoms with E-state index in [0.29, 0.717) is 3.58 Å². The average molecular weight is 291 g/mol. The van der Waals surface area contributed by atoms with Gasteiger partial charge in [0.15, 0.2) is 0 Å². The van der Waals surface area contributed by atoms with E-state index in [4.69, 9.17) is 4.74 Å². The van der Waals surface area contributed by atoms with Crippen LogP contribution in [0, 0.1) is 0 Å². The van der Waals surface area contributed by atoms with E-state index in [-0.39, 0.29) is 12.1 Å². The Morgan fingerprint density at radius 2 is 2.46 bits per heavy atom. The zero-order chi connectivity index (χ0) is 9.42. The van der Waals surface area contributed by atoms with Crippen LogP contribution in [0.25, 0.3) is 0 Å². The quantitative estimate of drug-likeness (QED) is 0.543. The molecule has 2 heterocycles. The first-order valence-electron chi connectivity index (χ1n) is 4.25. The predicted octanol–water partition coefficient (Wildman–Crippen LogP) is 1.50. The van der Waals surface area contributed by atoms with Crippen molar-refractivity contribution in [3.63, 3.8) is 0 Å². The molecule has 3 nitrogen and oxygen atoms in total. The van der Waals surface area contributed by atoms with Gasteiger partial charge >= 0.3 is 5.97 Å². The molecule has 0 spiro atoms. The number of cyclic esters (lactones) is 1. The molecule has 0 radical (unpaired) electrons. The maximum atomic E-state index is 11.3. The van der Waals surface area contributed by atoms with Crippen molar-refractivity contribution in [1.29, 1.82) is 0 Å². The number of carbonyl (C=O) groups is 1. The molecular formula is C9H10INO2. The Morgan fingerprint density at radius 3 is 3.23 bits per heavy atom. The summed E-state index contributed by atoms with van der Waals surface area (Å²) in [6, 6.07) is 0. The van der Waals surface area contributed by atoms with Gasteiger partial charge in [-0.25, -0.2) is 4.79 Å². The van der Waals surface area contributed by atoms with Gasteiger partial charge in [-0.1, -0.05) is 6.08 Å². The molecule has 13 heavy (non-hydrogen) atoms. The molecule has 4 heteroatoms. The number of halogens is 1. The van der Waals surface area contributed by atoms with Crippen LogP contribution in [0.1, 0.15) is 13.3 Å². The average Bonchev–Trinajstić information content (AvgIpc) is 2.15. The summed E-state index contributed by atoms with van der Waals surface area (Å²) in [6.07, 6.45) is 3.04. The second-order valence-corrected chi connectivity index (χ2v) is 4.19. The first kappa shape index (κ1) is 9.05. The minimum absolute atomic E-state index is 0.103. The van der Waals surface area contributed by atoms with Crippen molar-refractivity contribution in [3.8, 4) is 0 Å². The Bertz CT molecular complexity index is 320. The highest BCUT2D eigenvalue weighted by Gasteiger charge is 2.30. The van der Waals surface area contributed by atoms with Gasteiger partial charge in [0.1, 0.15) is 9.68 Å². The monoisotopic (exact) mass is 291 g/mol. The number of nitrogens with one attached hydrogen (secondary N) is 1. The van der Waals surface area contributed by atoms with Gasteiger partial charge in [0.25, 0.3) is 0 Å². The van der Waals surface area contributed by atoms with E-state index in [9.17, 15) is 4.79 Å². The standard InChI is InChI=1S/C9H10INO2/c1-5-6-3-2-4-11-8(6)7(10)9(12)13-5/h3,5,11H,2,4H2,1H3/t5-/m0/s1. The Labute approximate surface area is 90.4 Å². The lowest BCUT2D eigenvalue weighted by molar-refractivity contribution is -0.141. The van der Waals surface area contributed by atoms with Gasteiger partial charge in [-0.3, -0.25) is 0 Å². The lowest BCUT2D eigenvalue weighted by Crippen LogP contribution is -2.33. The third-order valence-corrected chi connectivity index (χ3v) is 3.20. The first-order chi connectivity index (χ1) is 6.20. The third-order valence-electron chi connectivity index (χ3n) is 2.22. The smallest absolute Gasteiger partial charge is 0.347 e. The fourth-order valence-electron chi connectivity index (χ4n) is 1.58. The largest absolute Gasteiger partial charge is 0.454 e. The molecule has 0 aromatic rings. The Morgan fingerprint density at radius 1 is 1.69 bits per heavy atom. The van der Waals surface area contributed by atoms with Crippen molar-refractivity contribution in [1.82, 2.24) is 5.32 Å². The lowest BCUT2D eigenvalue weighted by atomic mass is 10.0. The van der Waals surface area contributed by atoms with Gasteiger partial charge in [-0.15, -0.1) is 0 Å². The van der Waals surface area contributed by atoms with Gasteiger partial charge in [-0.05, 0) is 35.9 Å². The molecule has 0 saturated carbocycles. The molecule has 0 aliphatic carbocycles. The molecule has 0 aromatic carbocycles. The second kappa shape index (κ2) is 3.32. The van der Waals surface area contributed by atoms with Crippen molar-refractivity contribution in [2.24, 2.45) is 0 Å². The molecule has 70 valence electrons. The predicted molar refractivity (Wildman–Crippen MR) is 57.3 cm³/mol. The molecule has 0 aromatic heterocycles. The molecule has 2 aliphatic heterocycles. The van der Waals surface area contributed by atoms with E-state index < -0.39 is 0 Å². The zero-order valence-corrected chi connectivity index (χ0v) is 9.42. The van der Waals surface area contributed by atoms with Gasteiger partial charge in [0.05, 0.1) is 5.70 Å². The molecular weight excluding hydrogens is 281 g/mol. The number of hydrogen-bond acceptors (Lipinski definition) is 3. The second-order valence-electron chi connectivity index (χ2n) is 3.11. The van der Waals surface area contributed by atoms with Gasteiger partial charge in [0, 0.05) is 12.1 Å². The molecule has 1 atom stereocenters. The van der Waals surface area contributed by atoms with Crippen LogP contribution in [0.15, 0.2) is 20.9 Å². The van der Waals surface area contributed by atoms with Crippen LogP contribution in [0.2, 0.25) is 0 Å². The van der Waals surface area contributed by atoms with Crippen molar-refractivity contribution in [3.05, 3.63) is 20.9 Å². The summed E-state index contributed by atoms with van der Waals surface area (Å²) in [6.45, 7) is 2.81. The fourth-order valence-corrected chi connectivity index (χ4v) is 2.21. The fraction of sp³-hybridized carbons (Fsp3) is 0.444. The molecule has 0 amide bonds. The Kier molecular flexibility index (Phi) is 2.31. The molecule has 0 saturated heterocycles. The minimum Gasteiger partial charge on any atom is -0.454 e. The van der Waals surface area contributed by atoms with E-state index in [0.717, 1.165) is 24.2 Å². The van der Waals surface area contributed by atoms with Crippen LogP contribution in [0.5, 0.6) is 0 Å². The lowest BCUT2D eigenvalue weighted by Gasteiger charge is -2.29. The van der Waals surface area contributed by atoms with Crippen LogP contribution in [-0.2, 0) is 9.53 Å². The maximum absolute atomic E-state index is 11.3. The van der Waals surface area contributed by atoms with E-state index in [2.05, 4.69) is 11.4 Å². The molecule has 0 bridgehead atoms. The van der Waals surface area contributed by atoms with Crippen LogP contribution in [0.4, 0.5) is 0 Å². The Hall–Kier alpha value is -0.520. The summed E-state index contributed by atoms with van der Waals surface area (Å²) >= 11 is 2.03. The molecule has 2 aliphatic rings. The number of rotatable bonds is 0. The van der Waals surface area contributed by atoms with Crippen LogP contribution >= 0.6 is 22.6 Å². The first-order valence-corrected chi connectivity index (χ1v) is 5.33. The number of ether oxygens (including phenoxy) is 1. The van der Waals surface area contributed by atoms with Gasteiger partial charge in [-0.2, -0.15) is 0 Å². The van der Waals surface area contributed by atoms with E-state index >= 15 is 0 Å². The molecule has 2 rings (SSSR count). The summed E-state index contributed by atoms with van der Waals surface area (Å²) < 4.78 is 5.82. The van der Waals surface area contributed by atoms with Crippen molar-refractivity contribution in [2.75, 3.05) is 6.54 Å². The minimum atomic E-state index is -0.213. The number of fused-ring (bicyclic) bond motifs is 1. The number of esters is 1. The summed E-state index contributed by atoms with van der Waals surface area (Å²) in [5.74, 6) is -0.213. The normalized spacial score (nSPS) is 27.4. The van der Waals surface area contributed by atoms with Crippen LogP contribution < -0.4 is 5.32 Å². The van der Waals surface area contributed by atoms with Crippen molar-refractivity contribution in [2.45, 2.75) is 19.4 Å². The molecule has 0 unspecified atom stereocenters. The maximum Gasteiger partial charge on any atom is 0.347 e. The SMILES string of the molecule is C[C@@H]1OC(=O)C(I)=C2NCCC=C21. The van der Waals surface area contributed by atoms with Gasteiger partial charge in [0.2, 0.25) is 0 Å². The third kappa shape index (κ3) is 1.47. The summed E-state index contributed by atoms with van der Waals surface area (Å²) in [4.78, 5) is 11.3. The highest BCUT2D eigenvalue weighted by atomic mass is 127. The summed E-state index contributed by atoms with van der Waals surface area (Å²) in [5, 5.41) is 3.23. The highest BCUT2D eigenvalue weighted by molar-refractivity contribution is 14.1. The summed E-state index contributed by atoms with van der Waals surface area (Å²) in [7, 11) is 0. The Balaban J connectivity index is 2.47. The van der Waals surface area contributed by atoms with Crippen LogP contribution in [-0.4, -0.2) is 18.6 Å². The molecule has 0 fully saturated rings. The van der Waals surface area contributed by atoms with Crippen molar-refractivity contribution < 1.29 is 9.53 Å². The topological polar surface area (TPSA) is 38.3 Å². The number of hydrogen-bond donors (Lipinski definition) is 1. The van der Waals surface area contributed by atoms with Crippen LogP contribution in [0.3, 0.4) is 0 Å². The summed E-state index contributed by atoms with van der Waals surface area (Å²) in [5.41, 5.74) is 2.09. The highest BCUT2D eigenvalue weighted by Crippen LogP contribution is 2.30. The van der Waals surface area contributed by atoms with Crippen molar-refractivity contribution >= 4 is 28.6 Å². The molecule has 1 N–H and O–H groups in total. The zero-order valence-electron chi connectivity index (χ0n) is 7.26. The van der Waals surface area contributed by atoms with E-state index in [1.54, 1.807) is 0 Å². The van der Waals surface area contributed by atoms with E-state index in [1.807, 2.05) is 29.5 Å². The van der Waals surface area contributed by atoms with Gasteiger partial charge < -0.3 is 10.1 Å².